The van der Waals surface area contributed by atoms with E-state index in [2.05, 4.69) is 0 Å². The molecule has 0 aliphatic rings. The molecule has 0 aliphatic carbocycles. The van der Waals surface area contributed by atoms with E-state index in [1.54, 1.807) is 22.8 Å². The third-order valence-corrected chi connectivity index (χ3v) is 3.04. The maximum Gasteiger partial charge on any atom is 0.354 e. The van der Waals surface area contributed by atoms with E-state index in [1.165, 1.54) is 19.2 Å². The van der Waals surface area contributed by atoms with Crippen LogP contribution in [0, 0.1) is 10.1 Å². The molecule has 1 heterocycles. The lowest BCUT2D eigenvalue weighted by molar-refractivity contribution is -0.384. The Balaban J connectivity index is 2.40. The van der Waals surface area contributed by atoms with E-state index >= 15 is 0 Å². The second-order valence-electron chi connectivity index (χ2n) is 4.20. The molecule has 0 aliphatic heterocycles. The smallest absolute Gasteiger partial charge is 0.354 e. The summed E-state index contributed by atoms with van der Waals surface area (Å²) >= 11 is 0. The molecular formula is C14H14N2O4. The minimum atomic E-state index is -0.444. The topological polar surface area (TPSA) is 74.4 Å². The van der Waals surface area contributed by atoms with Crippen molar-refractivity contribution >= 4 is 11.7 Å². The van der Waals surface area contributed by atoms with Crippen LogP contribution in [0.5, 0.6) is 0 Å². The zero-order valence-corrected chi connectivity index (χ0v) is 11.2. The summed E-state index contributed by atoms with van der Waals surface area (Å²) in [5.74, 6) is -0.403. The van der Waals surface area contributed by atoms with Crippen molar-refractivity contribution in [1.29, 1.82) is 0 Å². The lowest BCUT2D eigenvalue weighted by atomic mass is 10.1. The van der Waals surface area contributed by atoms with Gasteiger partial charge in [0.1, 0.15) is 5.69 Å². The largest absolute Gasteiger partial charge is 0.464 e. The monoisotopic (exact) mass is 274 g/mol. The Morgan fingerprint density at radius 2 is 1.95 bits per heavy atom. The molecule has 1 aromatic carbocycles. The van der Waals surface area contributed by atoms with Gasteiger partial charge in [-0.25, -0.2) is 4.79 Å². The first kappa shape index (κ1) is 13.8. The van der Waals surface area contributed by atoms with Gasteiger partial charge in [0.25, 0.3) is 5.69 Å². The summed E-state index contributed by atoms with van der Waals surface area (Å²) in [6.45, 7) is 2.56. The Morgan fingerprint density at radius 3 is 2.45 bits per heavy atom. The predicted octanol–water partition coefficient (Wildman–Crippen LogP) is 2.87. The number of nitro benzene ring substituents is 1. The summed E-state index contributed by atoms with van der Waals surface area (Å²) in [4.78, 5) is 21.8. The van der Waals surface area contributed by atoms with Gasteiger partial charge >= 0.3 is 5.97 Å². The number of nitrogens with zero attached hydrogens (tertiary/aromatic N) is 2. The molecule has 2 rings (SSSR count). The summed E-state index contributed by atoms with van der Waals surface area (Å²) < 4.78 is 6.51. The van der Waals surface area contributed by atoms with Gasteiger partial charge < -0.3 is 9.30 Å². The number of aromatic nitrogens is 1. The Kier molecular flexibility index (Phi) is 3.84. The Labute approximate surface area is 115 Å². The van der Waals surface area contributed by atoms with Crippen LogP contribution in [0.2, 0.25) is 0 Å². The van der Waals surface area contributed by atoms with E-state index in [4.69, 9.17) is 4.74 Å². The molecule has 0 amide bonds. The summed E-state index contributed by atoms with van der Waals surface area (Å²) in [5, 5.41) is 10.6. The fourth-order valence-corrected chi connectivity index (χ4v) is 1.98. The molecule has 2 aromatic rings. The quantitative estimate of drug-likeness (QED) is 0.488. The van der Waals surface area contributed by atoms with Crippen molar-refractivity contribution in [3.8, 4) is 11.1 Å². The van der Waals surface area contributed by atoms with Crippen molar-refractivity contribution in [3.05, 3.63) is 52.3 Å². The molecule has 0 saturated carbocycles. The number of ether oxygens (including phenoxy) is 1. The van der Waals surface area contributed by atoms with Crippen LogP contribution in [-0.4, -0.2) is 22.6 Å². The Hall–Kier alpha value is -2.63. The van der Waals surface area contributed by atoms with E-state index in [-0.39, 0.29) is 5.69 Å². The van der Waals surface area contributed by atoms with Gasteiger partial charge in [-0.3, -0.25) is 10.1 Å². The molecule has 6 nitrogen and oxygen atoms in total. The van der Waals surface area contributed by atoms with Crippen molar-refractivity contribution in [2.75, 3.05) is 7.11 Å². The molecule has 0 fully saturated rings. The molecule has 0 saturated heterocycles. The number of carbonyl (C=O) groups excluding carboxylic acids is 1. The average Bonchev–Trinajstić information content (AvgIpc) is 2.90. The molecule has 104 valence electrons. The number of methoxy groups -OCH3 is 1. The number of aryl methyl sites for hydroxylation is 1. The van der Waals surface area contributed by atoms with E-state index in [0.717, 1.165) is 11.1 Å². The first-order valence-corrected chi connectivity index (χ1v) is 6.10. The highest BCUT2D eigenvalue weighted by atomic mass is 16.6. The summed E-state index contributed by atoms with van der Waals surface area (Å²) in [5.41, 5.74) is 2.13. The fourth-order valence-electron chi connectivity index (χ4n) is 1.98. The summed E-state index contributed by atoms with van der Waals surface area (Å²) in [6.07, 6.45) is 1.83. The van der Waals surface area contributed by atoms with Gasteiger partial charge in [-0.15, -0.1) is 0 Å². The second-order valence-corrected chi connectivity index (χ2v) is 4.20. The molecule has 6 heteroatoms. The van der Waals surface area contributed by atoms with Crippen molar-refractivity contribution in [2.24, 2.45) is 0 Å². The maximum absolute atomic E-state index is 11.6. The molecule has 0 unspecified atom stereocenters. The lowest BCUT2D eigenvalue weighted by Gasteiger charge is -2.02. The van der Waals surface area contributed by atoms with Crippen LogP contribution in [0.4, 0.5) is 5.69 Å². The van der Waals surface area contributed by atoms with E-state index in [9.17, 15) is 14.9 Å². The first-order chi connectivity index (χ1) is 9.56. The van der Waals surface area contributed by atoms with Gasteiger partial charge in [-0.05, 0) is 30.7 Å². The Bertz CT molecular complexity index is 644. The van der Waals surface area contributed by atoms with Crippen LogP contribution in [0.3, 0.4) is 0 Å². The number of hydrogen-bond donors (Lipinski definition) is 0. The van der Waals surface area contributed by atoms with Crippen molar-refractivity contribution < 1.29 is 14.5 Å². The third kappa shape index (κ3) is 2.54. The molecule has 0 bridgehead atoms. The van der Waals surface area contributed by atoms with Gasteiger partial charge in [0, 0.05) is 30.4 Å². The van der Waals surface area contributed by atoms with Crippen LogP contribution >= 0.6 is 0 Å². The zero-order chi connectivity index (χ0) is 14.7. The average molecular weight is 274 g/mol. The number of hydrogen-bond acceptors (Lipinski definition) is 4. The minimum Gasteiger partial charge on any atom is -0.464 e. The molecular weight excluding hydrogens is 260 g/mol. The molecule has 0 atom stereocenters. The van der Waals surface area contributed by atoms with E-state index < -0.39 is 10.9 Å². The van der Waals surface area contributed by atoms with Crippen molar-refractivity contribution in [3.63, 3.8) is 0 Å². The number of non-ortho nitro benzene ring substituents is 1. The van der Waals surface area contributed by atoms with Crippen LogP contribution in [0.25, 0.3) is 11.1 Å². The number of rotatable bonds is 4. The number of nitro groups is 1. The summed E-state index contributed by atoms with van der Waals surface area (Å²) in [7, 11) is 1.33. The predicted molar refractivity (Wildman–Crippen MR) is 73.5 cm³/mol. The van der Waals surface area contributed by atoms with Crippen LogP contribution in [0.1, 0.15) is 17.4 Å². The molecule has 20 heavy (non-hydrogen) atoms. The van der Waals surface area contributed by atoms with Gasteiger partial charge in [0.05, 0.1) is 12.0 Å². The minimum absolute atomic E-state index is 0.0388. The SMILES string of the molecule is CCn1cc(-c2ccc([N+](=O)[O-])cc2)cc1C(=O)OC. The van der Waals surface area contributed by atoms with Crippen LogP contribution < -0.4 is 0 Å². The highest BCUT2D eigenvalue weighted by molar-refractivity contribution is 5.89. The molecule has 0 spiro atoms. The number of esters is 1. The third-order valence-electron chi connectivity index (χ3n) is 3.04. The van der Waals surface area contributed by atoms with E-state index in [0.29, 0.717) is 12.2 Å². The highest BCUT2D eigenvalue weighted by Gasteiger charge is 2.14. The van der Waals surface area contributed by atoms with E-state index in [1.807, 2.05) is 13.1 Å². The van der Waals surface area contributed by atoms with Crippen molar-refractivity contribution in [2.45, 2.75) is 13.5 Å². The molecule has 1 aromatic heterocycles. The standard InChI is InChI=1S/C14H14N2O4/c1-3-15-9-11(8-13(15)14(17)20-2)10-4-6-12(7-5-10)16(18)19/h4-9H,3H2,1-2H3. The zero-order valence-electron chi connectivity index (χ0n) is 11.2. The first-order valence-electron chi connectivity index (χ1n) is 6.10. The van der Waals surface area contributed by atoms with Crippen LogP contribution in [0.15, 0.2) is 36.5 Å². The normalized spacial score (nSPS) is 10.3. The number of carbonyl (C=O) groups is 1. The van der Waals surface area contributed by atoms with Gasteiger partial charge in [-0.1, -0.05) is 0 Å². The summed E-state index contributed by atoms with van der Waals surface area (Å²) in [6, 6.07) is 7.92. The Morgan fingerprint density at radius 1 is 1.30 bits per heavy atom. The maximum atomic E-state index is 11.6. The number of benzene rings is 1. The van der Waals surface area contributed by atoms with Gasteiger partial charge in [0.2, 0.25) is 0 Å². The lowest BCUT2D eigenvalue weighted by Crippen LogP contribution is -2.08. The fraction of sp³-hybridized carbons (Fsp3) is 0.214. The highest BCUT2D eigenvalue weighted by Crippen LogP contribution is 2.25. The van der Waals surface area contributed by atoms with Crippen molar-refractivity contribution in [1.82, 2.24) is 4.57 Å². The van der Waals surface area contributed by atoms with Crippen LogP contribution in [-0.2, 0) is 11.3 Å². The van der Waals surface area contributed by atoms with Gasteiger partial charge in [0.15, 0.2) is 0 Å². The molecule has 0 N–H and O–H groups in total. The van der Waals surface area contributed by atoms with Gasteiger partial charge in [-0.2, -0.15) is 0 Å². The second kappa shape index (κ2) is 5.56. The molecule has 0 radical (unpaired) electrons.